The molecule has 1 heterocycles. The molecule has 1 aromatic carbocycles. The largest absolute Gasteiger partial charge is 0.309 e. The number of hydrogen-bond donors (Lipinski definition) is 1. The van der Waals surface area contributed by atoms with Gasteiger partial charge in [-0.25, -0.2) is 4.39 Å². The van der Waals surface area contributed by atoms with E-state index in [9.17, 15) is 4.39 Å². The molecule has 0 saturated carbocycles. The van der Waals surface area contributed by atoms with Gasteiger partial charge in [-0.2, -0.15) is 5.10 Å². The number of aryl methyl sites for hydroxylation is 1. The Morgan fingerprint density at radius 2 is 2.11 bits per heavy atom. The van der Waals surface area contributed by atoms with Crippen LogP contribution in [0.2, 0.25) is 0 Å². The van der Waals surface area contributed by atoms with E-state index in [1.807, 2.05) is 23.9 Å². The van der Waals surface area contributed by atoms with Crippen LogP contribution in [0.4, 0.5) is 4.39 Å². The third-order valence-electron chi connectivity index (χ3n) is 3.03. The molecule has 0 spiro atoms. The first-order chi connectivity index (χ1) is 9.04. The van der Waals surface area contributed by atoms with Gasteiger partial charge >= 0.3 is 0 Å². The van der Waals surface area contributed by atoms with Crippen molar-refractivity contribution in [3.8, 4) is 0 Å². The molecular weight excluding hydrogens is 241 g/mol. The third-order valence-corrected chi connectivity index (χ3v) is 3.03. The van der Waals surface area contributed by atoms with Gasteiger partial charge in [0.2, 0.25) is 0 Å². The number of nitrogens with one attached hydrogen (secondary N) is 1. The summed E-state index contributed by atoms with van der Waals surface area (Å²) in [6, 6.07) is 7.29. The van der Waals surface area contributed by atoms with Gasteiger partial charge in [0.05, 0.1) is 12.2 Å². The van der Waals surface area contributed by atoms with E-state index in [0.29, 0.717) is 12.6 Å². The molecule has 0 aliphatic carbocycles. The van der Waals surface area contributed by atoms with Crippen molar-refractivity contribution >= 4 is 0 Å². The first-order valence-corrected chi connectivity index (χ1v) is 6.55. The molecular formula is C15H20FN3. The zero-order chi connectivity index (χ0) is 13.8. The lowest BCUT2D eigenvalue weighted by molar-refractivity contribution is 0.569. The maximum Gasteiger partial charge on any atom is 0.123 e. The maximum absolute atomic E-state index is 13.2. The molecule has 0 amide bonds. The fraction of sp³-hybridized carbons (Fsp3) is 0.400. The number of aromatic nitrogens is 2. The SMILES string of the molecule is Cc1ccc(F)cc1Cn1ccc(CNC(C)C)n1. The summed E-state index contributed by atoms with van der Waals surface area (Å²) >= 11 is 0. The average molecular weight is 261 g/mol. The van der Waals surface area contributed by atoms with E-state index in [1.165, 1.54) is 6.07 Å². The zero-order valence-electron chi connectivity index (χ0n) is 11.7. The monoisotopic (exact) mass is 261 g/mol. The molecule has 0 radical (unpaired) electrons. The van der Waals surface area contributed by atoms with Gasteiger partial charge in [0.15, 0.2) is 0 Å². The molecule has 0 unspecified atom stereocenters. The van der Waals surface area contributed by atoms with Crippen LogP contribution in [0.1, 0.15) is 30.7 Å². The summed E-state index contributed by atoms with van der Waals surface area (Å²) in [5.41, 5.74) is 3.05. The number of rotatable bonds is 5. The Balaban J connectivity index is 2.05. The van der Waals surface area contributed by atoms with E-state index < -0.39 is 0 Å². The normalized spacial score (nSPS) is 11.2. The van der Waals surface area contributed by atoms with Crippen LogP contribution < -0.4 is 5.32 Å². The Kier molecular flexibility index (Phi) is 4.32. The molecule has 0 aliphatic heterocycles. The van der Waals surface area contributed by atoms with Crippen LogP contribution in [-0.4, -0.2) is 15.8 Å². The summed E-state index contributed by atoms with van der Waals surface area (Å²) in [4.78, 5) is 0. The molecule has 0 aliphatic rings. The fourth-order valence-corrected chi connectivity index (χ4v) is 1.88. The lowest BCUT2D eigenvalue weighted by atomic mass is 10.1. The van der Waals surface area contributed by atoms with E-state index >= 15 is 0 Å². The summed E-state index contributed by atoms with van der Waals surface area (Å²) in [6.45, 7) is 7.55. The van der Waals surface area contributed by atoms with Crippen LogP contribution in [0, 0.1) is 12.7 Å². The molecule has 0 fully saturated rings. The van der Waals surface area contributed by atoms with Crippen LogP contribution in [0.15, 0.2) is 30.5 Å². The van der Waals surface area contributed by atoms with E-state index in [4.69, 9.17) is 0 Å². The minimum atomic E-state index is -0.200. The molecule has 2 aromatic rings. The van der Waals surface area contributed by atoms with Crippen molar-refractivity contribution in [1.29, 1.82) is 0 Å². The lowest BCUT2D eigenvalue weighted by Crippen LogP contribution is -2.22. The lowest BCUT2D eigenvalue weighted by Gasteiger charge is -2.07. The number of benzene rings is 1. The Hall–Kier alpha value is -1.68. The van der Waals surface area contributed by atoms with Gasteiger partial charge in [-0.05, 0) is 36.2 Å². The van der Waals surface area contributed by atoms with E-state index in [2.05, 4.69) is 24.3 Å². The highest BCUT2D eigenvalue weighted by atomic mass is 19.1. The van der Waals surface area contributed by atoms with Crippen molar-refractivity contribution in [2.75, 3.05) is 0 Å². The van der Waals surface area contributed by atoms with E-state index in [1.54, 1.807) is 12.1 Å². The zero-order valence-corrected chi connectivity index (χ0v) is 11.7. The Bertz CT molecular complexity index is 546. The molecule has 1 aromatic heterocycles. The van der Waals surface area contributed by atoms with Crippen LogP contribution in [0.3, 0.4) is 0 Å². The number of halogens is 1. The third kappa shape index (κ3) is 3.89. The van der Waals surface area contributed by atoms with E-state index in [-0.39, 0.29) is 5.82 Å². The smallest absolute Gasteiger partial charge is 0.123 e. The topological polar surface area (TPSA) is 29.9 Å². The predicted molar refractivity (Wildman–Crippen MR) is 74.4 cm³/mol. The Morgan fingerprint density at radius 3 is 2.84 bits per heavy atom. The highest BCUT2D eigenvalue weighted by Gasteiger charge is 2.04. The second kappa shape index (κ2) is 5.97. The predicted octanol–water partition coefficient (Wildman–Crippen LogP) is 2.88. The van der Waals surface area contributed by atoms with Crippen LogP contribution in [0.25, 0.3) is 0 Å². The molecule has 102 valence electrons. The molecule has 0 bridgehead atoms. The van der Waals surface area contributed by atoms with Gasteiger partial charge in [0, 0.05) is 18.8 Å². The van der Waals surface area contributed by atoms with Crippen molar-refractivity contribution in [2.45, 2.75) is 39.9 Å². The highest BCUT2D eigenvalue weighted by Crippen LogP contribution is 2.12. The Morgan fingerprint density at radius 1 is 1.32 bits per heavy atom. The summed E-state index contributed by atoms with van der Waals surface area (Å²) in [6.07, 6.45) is 1.93. The minimum absolute atomic E-state index is 0.200. The average Bonchev–Trinajstić information content (AvgIpc) is 2.79. The summed E-state index contributed by atoms with van der Waals surface area (Å²) in [5.74, 6) is -0.200. The van der Waals surface area contributed by atoms with Gasteiger partial charge in [-0.15, -0.1) is 0 Å². The second-order valence-corrected chi connectivity index (χ2v) is 5.11. The van der Waals surface area contributed by atoms with Crippen molar-refractivity contribution in [3.63, 3.8) is 0 Å². The van der Waals surface area contributed by atoms with Crippen molar-refractivity contribution in [3.05, 3.63) is 53.1 Å². The second-order valence-electron chi connectivity index (χ2n) is 5.11. The van der Waals surface area contributed by atoms with Crippen molar-refractivity contribution in [2.24, 2.45) is 0 Å². The highest BCUT2D eigenvalue weighted by molar-refractivity contribution is 5.26. The van der Waals surface area contributed by atoms with Crippen LogP contribution in [-0.2, 0) is 13.1 Å². The van der Waals surface area contributed by atoms with Gasteiger partial charge in [0.25, 0.3) is 0 Å². The van der Waals surface area contributed by atoms with Gasteiger partial charge in [0.1, 0.15) is 5.82 Å². The molecule has 4 heteroatoms. The molecule has 0 saturated heterocycles. The quantitative estimate of drug-likeness (QED) is 0.897. The summed E-state index contributed by atoms with van der Waals surface area (Å²) in [5, 5.41) is 7.80. The van der Waals surface area contributed by atoms with Gasteiger partial charge in [-0.3, -0.25) is 4.68 Å². The van der Waals surface area contributed by atoms with Crippen molar-refractivity contribution < 1.29 is 4.39 Å². The molecule has 3 nitrogen and oxygen atoms in total. The first kappa shape index (κ1) is 13.7. The molecule has 19 heavy (non-hydrogen) atoms. The van der Waals surface area contributed by atoms with E-state index in [0.717, 1.165) is 23.4 Å². The van der Waals surface area contributed by atoms with Crippen molar-refractivity contribution in [1.82, 2.24) is 15.1 Å². The number of hydrogen-bond acceptors (Lipinski definition) is 2. The first-order valence-electron chi connectivity index (χ1n) is 6.55. The molecule has 1 N–H and O–H groups in total. The minimum Gasteiger partial charge on any atom is -0.309 e. The number of nitrogens with zero attached hydrogens (tertiary/aromatic N) is 2. The fourth-order valence-electron chi connectivity index (χ4n) is 1.88. The summed E-state index contributed by atoms with van der Waals surface area (Å²) in [7, 11) is 0. The van der Waals surface area contributed by atoms with Gasteiger partial charge < -0.3 is 5.32 Å². The Labute approximate surface area is 113 Å². The molecule has 2 rings (SSSR count). The standard InChI is InChI=1S/C15H20FN3/c1-11(2)17-9-15-6-7-19(18-15)10-13-8-14(16)5-4-12(13)3/h4-8,11,17H,9-10H2,1-3H3. The van der Waals surface area contributed by atoms with Crippen LogP contribution in [0.5, 0.6) is 0 Å². The summed E-state index contributed by atoms with van der Waals surface area (Å²) < 4.78 is 15.1. The van der Waals surface area contributed by atoms with Crippen LogP contribution >= 0.6 is 0 Å². The molecule has 0 atom stereocenters. The van der Waals surface area contributed by atoms with Gasteiger partial charge in [-0.1, -0.05) is 19.9 Å². The maximum atomic E-state index is 13.2.